The molecule has 0 bridgehead atoms. The number of hydrogen-bond donors (Lipinski definition) is 2. The number of nitrogens with one attached hydrogen (secondary N) is 2. The molecule has 8 nitrogen and oxygen atoms in total. The monoisotopic (exact) mass is 475 g/mol. The fraction of sp³-hybridized carbons (Fsp3) is 0.192. The Hall–Kier alpha value is -4.40. The lowest BCUT2D eigenvalue weighted by atomic mass is 10.2. The van der Waals surface area contributed by atoms with E-state index in [-0.39, 0.29) is 17.7 Å². The lowest BCUT2D eigenvalue weighted by Crippen LogP contribution is -2.19. The van der Waals surface area contributed by atoms with Crippen molar-refractivity contribution in [3.05, 3.63) is 78.6 Å². The van der Waals surface area contributed by atoms with Crippen LogP contribution in [0.15, 0.2) is 72.8 Å². The standard InChI is InChI=1S/C26H26FN5O3/c1-17(2)16-35-26-30-24(18-7-4-8-19(27)13-18)32(31-26)22-11-5-9-20(14-22)28-25(33)29-21-10-6-12-23(15-21)34-3/h4-15,17H,16H2,1-3H3,(H2,28,29,33). The summed E-state index contributed by atoms with van der Waals surface area (Å²) in [4.78, 5) is 17.0. The molecule has 0 spiro atoms. The molecule has 180 valence electrons. The minimum absolute atomic E-state index is 0.187. The topological polar surface area (TPSA) is 90.3 Å². The molecule has 2 amide bonds. The van der Waals surface area contributed by atoms with Crippen molar-refractivity contribution in [2.75, 3.05) is 24.4 Å². The number of halogens is 1. The largest absolute Gasteiger partial charge is 0.497 e. The molecule has 4 aromatic rings. The van der Waals surface area contributed by atoms with Gasteiger partial charge in [-0.15, -0.1) is 5.10 Å². The molecule has 35 heavy (non-hydrogen) atoms. The molecular weight excluding hydrogens is 449 g/mol. The molecule has 1 aromatic heterocycles. The highest BCUT2D eigenvalue weighted by molar-refractivity contribution is 6.00. The minimum atomic E-state index is -0.416. The maximum absolute atomic E-state index is 13.9. The van der Waals surface area contributed by atoms with E-state index in [1.807, 2.05) is 19.9 Å². The summed E-state index contributed by atoms with van der Waals surface area (Å²) in [6.07, 6.45) is 0. The van der Waals surface area contributed by atoms with Crippen molar-refractivity contribution >= 4 is 17.4 Å². The van der Waals surface area contributed by atoms with Gasteiger partial charge < -0.3 is 20.1 Å². The number of carbonyl (C=O) groups excluding carboxylic acids is 1. The van der Waals surface area contributed by atoms with Gasteiger partial charge in [-0.05, 0) is 48.4 Å². The van der Waals surface area contributed by atoms with Gasteiger partial charge in [0.05, 0.1) is 19.4 Å². The second-order valence-corrected chi connectivity index (χ2v) is 8.21. The van der Waals surface area contributed by atoms with E-state index in [1.54, 1.807) is 66.4 Å². The highest BCUT2D eigenvalue weighted by Gasteiger charge is 2.16. The molecule has 0 unspecified atom stereocenters. The van der Waals surface area contributed by atoms with E-state index in [4.69, 9.17) is 9.47 Å². The average molecular weight is 476 g/mol. The Morgan fingerprint density at radius 1 is 1.00 bits per heavy atom. The first-order valence-corrected chi connectivity index (χ1v) is 11.1. The molecule has 0 atom stereocenters. The SMILES string of the molecule is COc1cccc(NC(=O)Nc2cccc(-n3nc(OCC(C)C)nc3-c3cccc(F)c3)c2)c1. The summed E-state index contributed by atoms with van der Waals surface area (Å²) in [5.74, 6) is 0.958. The van der Waals surface area contributed by atoms with Crippen LogP contribution in [0.2, 0.25) is 0 Å². The smallest absolute Gasteiger partial charge is 0.336 e. The van der Waals surface area contributed by atoms with E-state index in [0.29, 0.717) is 40.8 Å². The third-order valence-electron chi connectivity index (χ3n) is 4.89. The molecule has 9 heteroatoms. The zero-order valence-corrected chi connectivity index (χ0v) is 19.7. The molecular formula is C26H26FN5O3. The molecule has 0 aliphatic rings. The lowest BCUT2D eigenvalue weighted by Gasteiger charge is -2.11. The predicted octanol–water partition coefficient (Wildman–Crippen LogP) is 5.76. The Morgan fingerprint density at radius 3 is 2.43 bits per heavy atom. The first kappa shape index (κ1) is 23.7. The van der Waals surface area contributed by atoms with Crippen molar-refractivity contribution in [1.82, 2.24) is 14.8 Å². The van der Waals surface area contributed by atoms with Crippen molar-refractivity contribution in [2.24, 2.45) is 5.92 Å². The van der Waals surface area contributed by atoms with Crippen LogP contribution in [0.25, 0.3) is 17.1 Å². The number of ether oxygens (including phenoxy) is 2. The van der Waals surface area contributed by atoms with Gasteiger partial charge in [0, 0.05) is 23.0 Å². The zero-order chi connectivity index (χ0) is 24.8. The van der Waals surface area contributed by atoms with Crippen LogP contribution in [-0.4, -0.2) is 34.5 Å². The van der Waals surface area contributed by atoms with Crippen molar-refractivity contribution in [3.63, 3.8) is 0 Å². The molecule has 4 rings (SSSR count). The summed E-state index contributed by atoms with van der Waals surface area (Å²) >= 11 is 0. The molecule has 0 aliphatic carbocycles. The second-order valence-electron chi connectivity index (χ2n) is 8.21. The lowest BCUT2D eigenvalue weighted by molar-refractivity contribution is 0.251. The number of urea groups is 1. The van der Waals surface area contributed by atoms with E-state index >= 15 is 0 Å². The summed E-state index contributed by atoms with van der Waals surface area (Å²) in [7, 11) is 1.56. The normalized spacial score (nSPS) is 10.8. The number of benzene rings is 3. The molecule has 0 saturated heterocycles. The van der Waals surface area contributed by atoms with Crippen LogP contribution in [0, 0.1) is 11.7 Å². The van der Waals surface area contributed by atoms with Crippen molar-refractivity contribution in [2.45, 2.75) is 13.8 Å². The summed E-state index contributed by atoms with van der Waals surface area (Å²) in [6, 6.07) is 20.0. The third kappa shape index (κ3) is 6.14. The Morgan fingerprint density at radius 2 is 1.71 bits per heavy atom. The number of amides is 2. The zero-order valence-electron chi connectivity index (χ0n) is 19.7. The quantitative estimate of drug-likeness (QED) is 0.338. The Balaban J connectivity index is 1.60. The van der Waals surface area contributed by atoms with Crippen molar-refractivity contribution < 1.29 is 18.7 Å². The molecule has 3 aromatic carbocycles. The van der Waals surface area contributed by atoms with E-state index in [0.717, 1.165) is 0 Å². The first-order chi connectivity index (χ1) is 16.9. The maximum atomic E-state index is 13.9. The minimum Gasteiger partial charge on any atom is -0.497 e. The molecule has 0 aliphatic heterocycles. The Labute approximate surface area is 202 Å². The number of hydrogen-bond acceptors (Lipinski definition) is 5. The molecule has 0 saturated carbocycles. The first-order valence-electron chi connectivity index (χ1n) is 11.1. The van der Waals surface area contributed by atoms with Crippen molar-refractivity contribution in [1.29, 1.82) is 0 Å². The summed E-state index contributed by atoms with van der Waals surface area (Å²) in [5.41, 5.74) is 2.30. The number of methoxy groups -OCH3 is 1. The fourth-order valence-electron chi connectivity index (χ4n) is 3.30. The number of carbonyl (C=O) groups is 1. The summed E-state index contributed by atoms with van der Waals surface area (Å²) in [5, 5.41) is 10.1. The van der Waals surface area contributed by atoms with Gasteiger partial charge in [-0.1, -0.05) is 38.1 Å². The van der Waals surface area contributed by atoms with Crippen LogP contribution in [0.5, 0.6) is 11.8 Å². The molecule has 0 fully saturated rings. The van der Waals surface area contributed by atoms with Gasteiger partial charge in [0.2, 0.25) is 0 Å². The Kier molecular flexibility index (Phi) is 7.25. The third-order valence-corrected chi connectivity index (χ3v) is 4.89. The number of rotatable bonds is 8. The van der Waals surface area contributed by atoms with E-state index in [1.165, 1.54) is 12.1 Å². The summed E-state index contributed by atoms with van der Waals surface area (Å²) in [6.45, 7) is 4.49. The van der Waals surface area contributed by atoms with Gasteiger partial charge in [-0.25, -0.2) is 13.9 Å². The fourth-order valence-corrected chi connectivity index (χ4v) is 3.30. The number of aromatic nitrogens is 3. The van der Waals surface area contributed by atoms with Gasteiger partial charge in [0.15, 0.2) is 5.82 Å². The van der Waals surface area contributed by atoms with Crippen LogP contribution < -0.4 is 20.1 Å². The van der Waals surface area contributed by atoms with Crippen LogP contribution in [0.1, 0.15) is 13.8 Å². The Bertz CT molecular complexity index is 1320. The van der Waals surface area contributed by atoms with E-state index in [9.17, 15) is 9.18 Å². The van der Waals surface area contributed by atoms with Crippen LogP contribution >= 0.6 is 0 Å². The summed E-state index contributed by atoms with van der Waals surface area (Å²) < 4.78 is 26.4. The van der Waals surface area contributed by atoms with Gasteiger partial charge in [-0.3, -0.25) is 0 Å². The predicted molar refractivity (Wildman–Crippen MR) is 133 cm³/mol. The van der Waals surface area contributed by atoms with Crippen LogP contribution in [0.3, 0.4) is 0 Å². The van der Waals surface area contributed by atoms with Gasteiger partial charge in [-0.2, -0.15) is 4.98 Å². The van der Waals surface area contributed by atoms with Crippen LogP contribution in [-0.2, 0) is 0 Å². The number of anilines is 2. The van der Waals surface area contributed by atoms with Gasteiger partial charge >= 0.3 is 12.0 Å². The van der Waals surface area contributed by atoms with Gasteiger partial charge in [0.25, 0.3) is 0 Å². The molecule has 2 N–H and O–H groups in total. The van der Waals surface area contributed by atoms with E-state index in [2.05, 4.69) is 20.7 Å². The van der Waals surface area contributed by atoms with Crippen LogP contribution in [0.4, 0.5) is 20.6 Å². The average Bonchev–Trinajstić information content (AvgIpc) is 3.27. The van der Waals surface area contributed by atoms with Crippen molar-refractivity contribution in [3.8, 4) is 28.8 Å². The second kappa shape index (κ2) is 10.7. The molecule has 0 radical (unpaired) electrons. The highest BCUT2D eigenvalue weighted by Crippen LogP contribution is 2.26. The highest BCUT2D eigenvalue weighted by atomic mass is 19.1. The number of nitrogens with zero attached hydrogens (tertiary/aromatic N) is 3. The van der Waals surface area contributed by atoms with Gasteiger partial charge in [0.1, 0.15) is 11.6 Å². The van der Waals surface area contributed by atoms with E-state index < -0.39 is 6.03 Å². The molecule has 1 heterocycles. The maximum Gasteiger partial charge on any atom is 0.336 e.